The van der Waals surface area contributed by atoms with Gasteiger partial charge in [-0.2, -0.15) is 0 Å². The van der Waals surface area contributed by atoms with Gasteiger partial charge in [0.2, 0.25) is 0 Å². The van der Waals surface area contributed by atoms with Gasteiger partial charge in [0.05, 0.1) is 10.4 Å². The van der Waals surface area contributed by atoms with Crippen LogP contribution in [0.3, 0.4) is 0 Å². The summed E-state index contributed by atoms with van der Waals surface area (Å²) in [4.78, 5) is 23.3. The maximum Gasteiger partial charge on any atom is 0.266 e. The Labute approximate surface area is 217 Å². The number of thiocarbonyl (C=S) groups is 1. The number of aromatic nitrogens is 1. The number of benzene rings is 2. The van der Waals surface area contributed by atoms with Crippen molar-refractivity contribution in [2.24, 2.45) is 5.92 Å². The highest BCUT2D eigenvalue weighted by atomic mass is 32.2. The van der Waals surface area contributed by atoms with Crippen molar-refractivity contribution in [1.29, 1.82) is 0 Å². The van der Waals surface area contributed by atoms with E-state index in [4.69, 9.17) is 17.2 Å². The fourth-order valence-corrected chi connectivity index (χ4v) is 6.15. The Morgan fingerprint density at radius 3 is 2.66 bits per heavy atom. The molecule has 2 aromatic carbocycles. The quantitative estimate of drug-likeness (QED) is 0.280. The van der Waals surface area contributed by atoms with Crippen LogP contribution < -0.4 is 4.90 Å². The highest BCUT2D eigenvalue weighted by molar-refractivity contribution is 8.26. The van der Waals surface area contributed by atoms with Crippen LogP contribution in [0.25, 0.3) is 17.0 Å². The third-order valence-electron chi connectivity index (χ3n) is 6.99. The third-order valence-corrected chi connectivity index (χ3v) is 8.37. The van der Waals surface area contributed by atoms with Crippen LogP contribution in [0.15, 0.2) is 59.5 Å². The van der Waals surface area contributed by atoms with E-state index in [2.05, 4.69) is 67.3 Å². The van der Waals surface area contributed by atoms with Crippen LogP contribution in [-0.2, 0) is 11.2 Å². The minimum absolute atomic E-state index is 0.00983. The molecule has 5 rings (SSSR count). The molecule has 3 aromatic rings. The first-order chi connectivity index (χ1) is 17.0. The molecule has 0 radical (unpaired) electrons. The summed E-state index contributed by atoms with van der Waals surface area (Å²) < 4.78 is 0.646. The Hall–Kier alpha value is -2.70. The van der Waals surface area contributed by atoms with E-state index >= 15 is 0 Å². The second-order valence-corrected chi connectivity index (χ2v) is 11.3. The van der Waals surface area contributed by atoms with Crippen molar-refractivity contribution >= 4 is 57.0 Å². The second-order valence-electron chi connectivity index (χ2n) is 9.64. The van der Waals surface area contributed by atoms with Gasteiger partial charge < -0.3 is 4.90 Å². The second kappa shape index (κ2) is 10.5. The number of thioether (sulfide) groups is 1. The zero-order valence-corrected chi connectivity index (χ0v) is 22.0. The summed E-state index contributed by atoms with van der Waals surface area (Å²) in [5, 5.41) is 1.10. The molecule has 1 aromatic heterocycles. The lowest BCUT2D eigenvalue weighted by Gasteiger charge is -2.32. The largest absolute Gasteiger partial charge is 0.356 e. The van der Waals surface area contributed by atoms with E-state index in [9.17, 15) is 4.79 Å². The predicted octanol–water partition coefficient (Wildman–Crippen LogP) is 6.61. The number of para-hydroxylation sites is 1. The maximum absolute atomic E-state index is 13.3. The highest BCUT2D eigenvalue weighted by Crippen LogP contribution is 2.36. The van der Waals surface area contributed by atoms with Crippen LogP contribution in [0.2, 0.25) is 0 Å². The number of piperidine rings is 1. The van der Waals surface area contributed by atoms with Crippen molar-refractivity contribution in [3.05, 3.63) is 76.2 Å². The zero-order valence-electron chi connectivity index (χ0n) is 20.4. The molecule has 0 spiro atoms. The van der Waals surface area contributed by atoms with Gasteiger partial charge in [-0.05, 0) is 61.8 Å². The van der Waals surface area contributed by atoms with Crippen LogP contribution in [0.5, 0.6) is 0 Å². The molecular formula is C29H31N3OS2. The normalized spacial score (nSPS) is 18.3. The smallest absolute Gasteiger partial charge is 0.266 e. The van der Waals surface area contributed by atoms with Crippen molar-refractivity contribution in [2.75, 3.05) is 24.5 Å². The number of hydrogen-bond donors (Lipinski definition) is 0. The van der Waals surface area contributed by atoms with E-state index in [-0.39, 0.29) is 5.91 Å². The molecule has 4 nitrogen and oxygen atoms in total. The Morgan fingerprint density at radius 1 is 1.11 bits per heavy atom. The Balaban J connectivity index is 1.41. The number of fused-ring (bicyclic) bond motifs is 1. The van der Waals surface area contributed by atoms with Crippen LogP contribution in [0.4, 0.5) is 5.82 Å². The molecule has 0 saturated carbocycles. The Bertz CT molecular complexity index is 1280. The number of anilines is 1. The molecular weight excluding hydrogens is 470 g/mol. The SMILES string of the molecule is Cc1cccc2cc(/C=C3\SC(=S)N(CCCc4ccccc4)C3=O)c(N3CCC(C)CC3)nc12. The van der Waals surface area contributed by atoms with Crippen molar-refractivity contribution in [2.45, 2.75) is 39.5 Å². The molecule has 180 valence electrons. The Morgan fingerprint density at radius 2 is 1.89 bits per heavy atom. The number of amides is 1. The molecule has 0 N–H and O–H groups in total. The average Bonchev–Trinajstić information content (AvgIpc) is 3.12. The highest BCUT2D eigenvalue weighted by Gasteiger charge is 2.32. The topological polar surface area (TPSA) is 36.4 Å². The standard InChI is InChI=1S/C29H31N3OS2/c1-20-13-16-31(17-14-20)27-24(18-23-12-6-8-21(2)26(23)30-27)19-25-28(33)32(29(34)35-25)15-7-11-22-9-4-3-5-10-22/h3-6,8-10,12,18-20H,7,11,13-17H2,1-2H3/b25-19-. The van der Waals surface area contributed by atoms with Gasteiger partial charge in [0.25, 0.3) is 5.91 Å². The predicted molar refractivity (Wildman–Crippen MR) is 152 cm³/mol. The lowest BCUT2D eigenvalue weighted by molar-refractivity contribution is -0.122. The van der Waals surface area contributed by atoms with Gasteiger partial charge in [-0.3, -0.25) is 9.69 Å². The fourth-order valence-electron chi connectivity index (χ4n) is 4.85. The molecule has 2 saturated heterocycles. The molecule has 0 bridgehead atoms. The molecule has 1 amide bonds. The van der Waals surface area contributed by atoms with Gasteiger partial charge >= 0.3 is 0 Å². The summed E-state index contributed by atoms with van der Waals surface area (Å²) in [7, 11) is 0. The summed E-state index contributed by atoms with van der Waals surface area (Å²) in [6.07, 6.45) is 6.16. The van der Waals surface area contributed by atoms with Crippen LogP contribution >= 0.6 is 24.0 Å². The number of pyridine rings is 1. The summed E-state index contributed by atoms with van der Waals surface area (Å²) in [5.74, 6) is 1.73. The first kappa shape index (κ1) is 24.0. The van der Waals surface area contributed by atoms with Gasteiger partial charge in [0.15, 0.2) is 0 Å². The summed E-state index contributed by atoms with van der Waals surface area (Å²) in [5.41, 5.74) is 4.49. The molecule has 0 aliphatic carbocycles. The summed E-state index contributed by atoms with van der Waals surface area (Å²) in [6, 6.07) is 18.8. The van der Waals surface area contributed by atoms with E-state index in [0.29, 0.717) is 15.8 Å². The maximum atomic E-state index is 13.3. The van der Waals surface area contributed by atoms with Crippen LogP contribution in [0.1, 0.15) is 42.9 Å². The molecule has 0 atom stereocenters. The van der Waals surface area contributed by atoms with Gasteiger partial charge in [-0.25, -0.2) is 4.98 Å². The minimum Gasteiger partial charge on any atom is -0.356 e. The van der Waals surface area contributed by atoms with E-state index in [1.807, 2.05) is 12.1 Å². The van der Waals surface area contributed by atoms with E-state index in [1.54, 1.807) is 4.90 Å². The molecule has 0 unspecified atom stereocenters. The van der Waals surface area contributed by atoms with Crippen molar-refractivity contribution in [3.63, 3.8) is 0 Å². The molecule has 3 heterocycles. The van der Waals surface area contributed by atoms with E-state index < -0.39 is 0 Å². The van der Waals surface area contributed by atoms with Gasteiger partial charge in [0.1, 0.15) is 10.1 Å². The minimum atomic E-state index is 0.00983. The van der Waals surface area contributed by atoms with E-state index in [1.165, 1.54) is 22.9 Å². The monoisotopic (exact) mass is 501 g/mol. The van der Waals surface area contributed by atoms with Gasteiger partial charge in [-0.15, -0.1) is 0 Å². The number of rotatable bonds is 6. The number of nitrogens with zero attached hydrogens (tertiary/aromatic N) is 3. The van der Waals surface area contributed by atoms with Crippen molar-refractivity contribution in [1.82, 2.24) is 9.88 Å². The molecule has 2 fully saturated rings. The fraction of sp³-hybridized carbons (Fsp3) is 0.345. The lowest BCUT2D eigenvalue weighted by atomic mass is 9.98. The lowest BCUT2D eigenvalue weighted by Crippen LogP contribution is -2.34. The van der Waals surface area contributed by atoms with E-state index in [0.717, 1.165) is 67.0 Å². The number of hydrogen-bond acceptors (Lipinski definition) is 5. The van der Waals surface area contributed by atoms with Crippen molar-refractivity contribution < 1.29 is 4.79 Å². The first-order valence-electron chi connectivity index (χ1n) is 12.4. The average molecular weight is 502 g/mol. The molecule has 2 aliphatic rings. The first-order valence-corrected chi connectivity index (χ1v) is 13.7. The molecule has 6 heteroatoms. The number of aryl methyl sites for hydroxylation is 2. The molecule has 35 heavy (non-hydrogen) atoms. The van der Waals surface area contributed by atoms with Crippen LogP contribution in [-0.4, -0.2) is 39.7 Å². The number of carbonyl (C=O) groups is 1. The summed E-state index contributed by atoms with van der Waals surface area (Å²) >= 11 is 7.02. The Kier molecular flexibility index (Phi) is 7.21. The van der Waals surface area contributed by atoms with Crippen molar-refractivity contribution in [3.8, 4) is 0 Å². The van der Waals surface area contributed by atoms with Gasteiger partial charge in [0, 0.05) is 30.6 Å². The van der Waals surface area contributed by atoms with Gasteiger partial charge in [-0.1, -0.05) is 79.4 Å². The number of carbonyl (C=O) groups excluding carboxylic acids is 1. The summed E-state index contributed by atoms with van der Waals surface area (Å²) in [6.45, 7) is 7.06. The third kappa shape index (κ3) is 5.29. The zero-order chi connectivity index (χ0) is 24.4. The van der Waals surface area contributed by atoms with Crippen LogP contribution in [0, 0.1) is 12.8 Å². The molecule has 2 aliphatic heterocycles.